The summed E-state index contributed by atoms with van der Waals surface area (Å²) in [4.78, 5) is 14.2. The molecule has 0 spiro atoms. The minimum absolute atomic E-state index is 0.146. The van der Waals surface area contributed by atoms with Crippen LogP contribution in [-0.4, -0.2) is 41.3 Å². The van der Waals surface area contributed by atoms with Crippen LogP contribution in [0.4, 0.5) is 4.79 Å². The van der Waals surface area contributed by atoms with Crippen molar-refractivity contribution in [2.45, 2.75) is 90.4 Å². The topological polar surface area (TPSA) is 41.6 Å². The lowest BCUT2D eigenvalue weighted by Crippen LogP contribution is -2.44. The van der Waals surface area contributed by atoms with Crippen molar-refractivity contribution in [3.63, 3.8) is 0 Å². The van der Waals surface area contributed by atoms with Crippen LogP contribution >= 0.6 is 0 Å². The summed E-state index contributed by atoms with van der Waals surface area (Å²) in [6, 6.07) is 1.39. The van der Waals surface area contributed by atoms with Gasteiger partial charge in [0.15, 0.2) is 0 Å². The van der Waals surface area contributed by atoms with Crippen LogP contribution in [0.25, 0.3) is 0 Å². The molecule has 0 bridgehead atoms. The molecule has 4 heteroatoms. The van der Waals surface area contributed by atoms with Crippen molar-refractivity contribution in [2.24, 2.45) is 5.92 Å². The Bertz CT molecular complexity index is 360. The highest BCUT2D eigenvalue weighted by Crippen LogP contribution is 2.33. The van der Waals surface area contributed by atoms with Crippen molar-refractivity contribution in [3.05, 3.63) is 0 Å². The fraction of sp³-hybridized carbons (Fsp3) is 0.941. The Hall–Kier alpha value is -0.770. The van der Waals surface area contributed by atoms with Gasteiger partial charge in [-0.2, -0.15) is 0 Å². The van der Waals surface area contributed by atoms with Crippen LogP contribution < -0.4 is 5.32 Å². The summed E-state index contributed by atoms with van der Waals surface area (Å²) in [5, 5.41) is 3.70. The normalized spacial score (nSPS) is 25.8. The molecule has 0 aromatic carbocycles. The van der Waals surface area contributed by atoms with Gasteiger partial charge in [0.1, 0.15) is 5.60 Å². The lowest BCUT2D eigenvalue weighted by Gasteiger charge is -2.30. The number of nitrogens with one attached hydrogen (secondary N) is 1. The van der Waals surface area contributed by atoms with Gasteiger partial charge in [-0.1, -0.05) is 0 Å². The molecule has 4 nitrogen and oxygen atoms in total. The van der Waals surface area contributed by atoms with Crippen LogP contribution in [0.5, 0.6) is 0 Å². The average molecular weight is 296 g/mol. The van der Waals surface area contributed by atoms with E-state index in [1.165, 1.54) is 12.8 Å². The molecule has 0 aromatic heterocycles. The second-order valence-corrected chi connectivity index (χ2v) is 7.90. The number of hydrogen-bond acceptors (Lipinski definition) is 3. The second-order valence-electron chi connectivity index (χ2n) is 7.90. The highest BCUT2D eigenvalue weighted by molar-refractivity contribution is 5.68. The lowest BCUT2D eigenvalue weighted by molar-refractivity contribution is 0.0214. The number of nitrogens with zero attached hydrogens (tertiary/aromatic N) is 1. The SMILES string of the molecule is CC(CC1CCCN1C(=O)OC(C)(C)C)NC(C)C1CC1. The van der Waals surface area contributed by atoms with Crippen LogP contribution in [-0.2, 0) is 4.74 Å². The Labute approximate surface area is 129 Å². The number of carbonyl (C=O) groups is 1. The zero-order valence-electron chi connectivity index (χ0n) is 14.3. The molecule has 2 aliphatic rings. The Kier molecular flexibility index (Phi) is 5.18. The number of rotatable bonds is 5. The zero-order chi connectivity index (χ0) is 15.6. The quantitative estimate of drug-likeness (QED) is 0.843. The summed E-state index contributed by atoms with van der Waals surface area (Å²) in [6.07, 6.45) is 5.81. The molecule has 0 radical (unpaired) electrons. The molecule has 122 valence electrons. The van der Waals surface area contributed by atoms with E-state index >= 15 is 0 Å². The highest BCUT2D eigenvalue weighted by atomic mass is 16.6. The average Bonchev–Trinajstić information content (AvgIpc) is 3.08. The van der Waals surface area contributed by atoms with Crippen LogP contribution in [0.15, 0.2) is 0 Å². The summed E-state index contributed by atoms with van der Waals surface area (Å²) >= 11 is 0. The first kappa shape index (κ1) is 16.6. The van der Waals surface area contributed by atoms with Crippen molar-refractivity contribution < 1.29 is 9.53 Å². The number of likely N-dealkylation sites (tertiary alicyclic amines) is 1. The molecule has 1 saturated heterocycles. The summed E-state index contributed by atoms with van der Waals surface area (Å²) in [5.74, 6) is 0.873. The number of hydrogen-bond donors (Lipinski definition) is 1. The Morgan fingerprint density at radius 1 is 1.29 bits per heavy atom. The molecule has 1 amide bonds. The second kappa shape index (κ2) is 6.55. The van der Waals surface area contributed by atoms with Crippen LogP contribution in [0.1, 0.15) is 66.7 Å². The molecule has 21 heavy (non-hydrogen) atoms. The van der Waals surface area contributed by atoms with Gasteiger partial charge in [-0.05, 0) is 72.6 Å². The fourth-order valence-corrected chi connectivity index (χ4v) is 3.30. The maximum Gasteiger partial charge on any atom is 0.410 e. The number of amides is 1. The van der Waals surface area contributed by atoms with Crippen LogP contribution in [0, 0.1) is 5.92 Å². The van der Waals surface area contributed by atoms with E-state index in [2.05, 4.69) is 19.2 Å². The summed E-state index contributed by atoms with van der Waals surface area (Å²) in [7, 11) is 0. The molecule has 2 rings (SSSR count). The van der Waals surface area contributed by atoms with Crippen molar-refractivity contribution in [2.75, 3.05) is 6.54 Å². The molecule has 1 aliphatic heterocycles. The van der Waals surface area contributed by atoms with Gasteiger partial charge in [-0.15, -0.1) is 0 Å². The maximum absolute atomic E-state index is 12.3. The van der Waals surface area contributed by atoms with Crippen molar-refractivity contribution >= 4 is 6.09 Å². The Morgan fingerprint density at radius 3 is 2.52 bits per heavy atom. The van der Waals surface area contributed by atoms with Gasteiger partial charge < -0.3 is 15.0 Å². The van der Waals surface area contributed by atoms with E-state index in [1.54, 1.807) is 0 Å². The molecule has 1 heterocycles. The minimum Gasteiger partial charge on any atom is -0.444 e. The van der Waals surface area contributed by atoms with E-state index in [1.807, 2.05) is 25.7 Å². The molecule has 3 atom stereocenters. The van der Waals surface area contributed by atoms with Gasteiger partial charge in [-0.25, -0.2) is 4.79 Å². The number of carbonyl (C=O) groups excluding carboxylic acids is 1. The van der Waals surface area contributed by atoms with Crippen LogP contribution in [0.3, 0.4) is 0 Å². The smallest absolute Gasteiger partial charge is 0.410 e. The van der Waals surface area contributed by atoms with E-state index in [0.29, 0.717) is 18.1 Å². The van der Waals surface area contributed by atoms with Gasteiger partial charge in [0.25, 0.3) is 0 Å². The van der Waals surface area contributed by atoms with Gasteiger partial charge in [0.2, 0.25) is 0 Å². The van der Waals surface area contributed by atoms with E-state index < -0.39 is 5.60 Å². The van der Waals surface area contributed by atoms with E-state index in [9.17, 15) is 4.79 Å². The number of ether oxygens (including phenoxy) is 1. The zero-order valence-corrected chi connectivity index (χ0v) is 14.3. The third kappa shape index (κ3) is 5.17. The van der Waals surface area contributed by atoms with Crippen molar-refractivity contribution in [1.29, 1.82) is 0 Å². The molecule has 2 fully saturated rings. The van der Waals surface area contributed by atoms with Gasteiger partial charge in [-0.3, -0.25) is 0 Å². The molecule has 1 aliphatic carbocycles. The largest absolute Gasteiger partial charge is 0.444 e. The highest BCUT2D eigenvalue weighted by Gasteiger charge is 2.34. The van der Waals surface area contributed by atoms with E-state index in [0.717, 1.165) is 31.7 Å². The third-order valence-corrected chi connectivity index (χ3v) is 4.51. The fourth-order valence-electron chi connectivity index (χ4n) is 3.30. The van der Waals surface area contributed by atoms with Crippen molar-refractivity contribution in [3.8, 4) is 0 Å². The molecule has 3 unspecified atom stereocenters. The van der Waals surface area contributed by atoms with E-state index in [-0.39, 0.29) is 6.09 Å². The summed E-state index contributed by atoms with van der Waals surface area (Å²) in [6.45, 7) is 11.1. The molecule has 0 aromatic rings. The van der Waals surface area contributed by atoms with Gasteiger partial charge >= 0.3 is 6.09 Å². The first-order valence-corrected chi connectivity index (χ1v) is 8.52. The first-order valence-electron chi connectivity index (χ1n) is 8.52. The maximum atomic E-state index is 12.3. The summed E-state index contributed by atoms with van der Waals surface area (Å²) in [5.41, 5.74) is -0.408. The van der Waals surface area contributed by atoms with Crippen LogP contribution in [0.2, 0.25) is 0 Å². The molecular weight excluding hydrogens is 264 g/mol. The third-order valence-electron chi connectivity index (χ3n) is 4.51. The molecule has 1 saturated carbocycles. The van der Waals surface area contributed by atoms with Gasteiger partial charge in [0, 0.05) is 24.7 Å². The molecular formula is C17H32N2O2. The predicted octanol–water partition coefficient (Wildman–Crippen LogP) is 3.55. The first-order chi connectivity index (χ1) is 9.76. The summed E-state index contributed by atoms with van der Waals surface area (Å²) < 4.78 is 5.53. The monoisotopic (exact) mass is 296 g/mol. The Balaban J connectivity index is 1.81. The van der Waals surface area contributed by atoms with Crippen molar-refractivity contribution in [1.82, 2.24) is 10.2 Å². The Morgan fingerprint density at radius 2 is 1.95 bits per heavy atom. The lowest BCUT2D eigenvalue weighted by atomic mass is 10.0. The standard InChI is InChI=1S/C17H32N2O2/c1-12(18-13(2)14-8-9-14)11-15-7-6-10-19(15)16(20)21-17(3,4)5/h12-15,18H,6-11H2,1-5H3. The van der Waals surface area contributed by atoms with Gasteiger partial charge in [0.05, 0.1) is 0 Å². The van der Waals surface area contributed by atoms with E-state index in [4.69, 9.17) is 4.74 Å². The minimum atomic E-state index is -0.408. The predicted molar refractivity (Wildman–Crippen MR) is 85.4 cm³/mol. The molecule has 1 N–H and O–H groups in total.